The Balaban J connectivity index is 2.61. The van der Waals surface area contributed by atoms with Gasteiger partial charge in [0.05, 0.1) is 12.4 Å². The van der Waals surface area contributed by atoms with Gasteiger partial charge in [0.1, 0.15) is 5.52 Å². The van der Waals surface area contributed by atoms with Gasteiger partial charge in [0.2, 0.25) is 0 Å². The molecule has 80 valence electrons. The lowest BCUT2D eigenvalue weighted by Crippen LogP contribution is -2.34. The van der Waals surface area contributed by atoms with E-state index in [-0.39, 0.29) is 17.7 Å². The van der Waals surface area contributed by atoms with Crippen LogP contribution in [0, 0.1) is 11.3 Å². The summed E-state index contributed by atoms with van der Waals surface area (Å²) < 4.78 is 0.981. The van der Waals surface area contributed by atoms with Crippen molar-refractivity contribution in [3.63, 3.8) is 0 Å². The number of nitriles is 1. The smallest absolute Gasteiger partial charge is 0.330 e. The van der Waals surface area contributed by atoms with Gasteiger partial charge in [0.15, 0.2) is 5.65 Å². The normalized spacial score (nSPS) is 10.9. The molecule has 0 unspecified atom stereocenters. The summed E-state index contributed by atoms with van der Waals surface area (Å²) in [4.78, 5) is 32.1. The molecular formula is C9H7N5O2. The molecule has 2 rings (SSSR count). The lowest BCUT2D eigenvalue weighted by atomic mass is 10.4. The van der Waals surface area contributed by atoms with E-state index in [1.54, 1.807) is 6.07 Å². The van der Waals surface area contributed by atoms with E-state index < -0.39 is 11.2 Å². The molecule has 2 N–H and O–H groups in total. The van der Waals surface area contributed by atoms with E-state index in [0.29, 0.717) is 0 Å². The molecule has 2 aromatic heterocycles. The van der Waals surface area contributed by atoms with Gasteiger partial charge in [-0.3, -0.25) is 14.3 Å². The molecule has 0 spiro atoms. The highest BCUT2D eigenvalue weighted by Gasteiger charge is 2.07. The standard InChI is InChI=1S/C9H7N5O2/c10-3-1-2-4-14-8(15)6-7(12-5-11-6)13-9(14)16/h1-2,5H,4H2,(H,11,12)(H,13,16). The average molecular weight is 217 g/mol. The molecule has 2 heterocycles. The molecule has 2 aromatic rings. The monoisotopic (exact) mass is 217 g/mol. The van der Waals surface area contributed by atoms with Gasteiger partial charge in [-0.1, -0.05) is 6.08 Å². The molecule has 0 saturated carbocycles. The number of rotatable bonds is 2. The summed E-state index contributed by atoms with van der Waals surface area (Å²) in [5.41, 5.74) is -0.536. The summed E-state index contributed by atoms with van der Waals surface area (Å²) in [5.74, 6) is 0. The maximum Gasteiger partial charge on any atom is 0.330 e. The Morgan fingerprint density at radius 2 is 2.38 bits per heavy atom. The minimum absolute atomic E-state index is 0.0523. The van der Waals surface area contributed by atoms with E-state index in [1.165, 1.54) is 18.5 Å². The number of aromatic nitrogens is 4. The first-order valence-corrected chi connectivity index (χ1v) is 4.45. The van der Waals surface area contributed by atoms with E-state index in [1.807, 2.05) is 0 Å². The van der Waals surface area contributed by atoms with Gasteiger partial charge in [-0.15, -0.1) is 0 Å². The highest BCUT2D eigenvalue weighted by atomic mass is 16.2. The molecule has 0 saturated heterocycles. The van der Waals surface area contributed by atoms with Gasteiger partial charge >= 0.3 is 5.69 Å². The molecular weight excluding hydrogens is 210 g/mol. The molecule has 7 heteroatoms. The molecule has 0 aliphatic rings. The van der Waals surface area contributed by atoms with Crippen LogP contribution in [0.1, 0.15) is 0 Å². The van der Waals surface area contributed by atoms with Crippen molar-refractivity contribution in [2.45, 2.75) is 6.54 Å². The average Bonchev–Trinajstić information content (AvgIpc) is 2.71. The third-order valence-electron chi connectivity index (χ3n) is 2.05. The second-order valence-corrected chi connectivity index (χ2v) is 3.00. The minimum atomic E-state index is -0.549. The number of allylic oxidation sites excluding steroid dienone is 2. The molecule has 0 amide bonds. The van der Waals surface area contributed by atoms with Gasteiger partial charge in [0.25, 0.3) is 5.56 Å². The zero-order valence-electron chi connectivity index (χ0n) is 8.10. The van der Waals surface area contributed by atoms with Gasteiger partial charge in [-0.2, -0.15) is 5.26 Å². The van der Waals surface area contributed by atoms with Crippen LogP contribution in [0.2, 0.25) is 0 Å². The topological polar surface area (TPSA) is 107 Å². The van der Waals surface area contributed by atoms with E-state index in [0.717, 1.165) is 4.57 Å². The SMILES string of the molecule is N#CC=CCn1c(=O)[nH]c2nc[nH]c2c1=O. The van der Waals surface area contributed by atoms with Gasteiger partial charge < -0.3 is 4.98 Å². The maximum absolute atomic E-state index is 11.8. The Morgan fingerprint density at radius 3 is 3.12 bits per heavy atom. The molecule has 0 atom stereocenters. The molecule has 0 aliphatic heterocycles. The van der Waals surface area contributed by atoms with Crippen molar-refractivity contribution in [3.05, 3.63) is 39.3 Å². The fourth-order valence-electron chi connectivity index (χ4n) is 1.32. The van der Waals surface area contributed by atoms with Crippen molar-refractivity contribution in [2.24, 2.45) is 0 Å². The van der Waals surface area contributed by atoms with Crippen LogP contribution in [0.15, 0.2) is 28.1 Å². The molecule has 0 bridgehead atoms. The highest BCUT2D eigenvalue weighted by Crippen LogP contribution is 1.94. The molecule has 16 heavy (non-hydrogen) atoms. The van der Waals surface area contributed by atoms with Crippen LogP contribution in [-0.4, -0.2) is 19.5 Å². The molecule has 7 nitrogen and oxygen atoms in total. The lowest BCUT2D eigenvalue weighted by molar-refractivity contribution is 0.725. The number of H-pyrrole nitrogens is 2. The van der Waals surface area contributed by atoms with Crippen molar-refractivity contribution in [1.82, 2.24) is 19.5 Å². The Bertz CT molecular complexity index is 697. The van der Waals surface area contributed by atoms with Crippen LogP contribution in [0.5, 0.6) is 0 Å². The first-order chi connectivity index (χ1) is 7.74. The zero-order valence-corrected chi connectivity index (χ0v) is 8.10. The largest absolute Gasteiger partial charge is 0.339 e. The fraction of sp³-hybridized carbons (Fsp3) is 0.111. The van der Waals surface area contributed by atoms with E-state index in [9.17, 15) is 9.59 Å². The number of hydrogen-bond acceptors (Lipinski definition) is 4. The van der Waals surface area contributed by atoms with Crippen molar-refractivity contribution in [2.75, 3.05) is 0 Å². The van der Waals surface area contributed by atoms with Gasteiger partial charge in [-0.25, -0.2) is 9.78 Å². The number of nitrogens with zero attached hydrogens (tertiary/aromatic N) is 3. The number of fused-ring (bicyclic) bond motifs is 1. The first kappa shape index (κ1) is 9.92. The second kappa shape index (κ2) is 3.86. The van der Waals surface area contributed by atoms with Crippen LogP contribution in [-0.2, 0) is 6.54 Å². The Morgan fingerprint density at radius 1 is 1.56 bits per heavy atom. The Labute approximate surface area is 88.7 Å². The molecule has 0 aliphatic carbocycles. The number of aromatic amines is 2. The third-order valence-corrected chi connectivity index (χ3v) is 2.05. The van der Waals surface area contributed by atoms with E-state index in [2.05, 4.69) is 15.0 Å². The van der Waals surface area contributed by atoms with Crippen LogP contribution >= 0.6 is 0 Å². The number of imidazole rings is 1. The van der Waals surface area contributed by atoms with Crippen LogP contribution in [0.4, 0.5) is 0 Å². The summed E-state index contributed by atoms with van der Waals surface area (Å²) in [7, 11) is 0. The van der Waals surface area contributed by atoms with Crippen molar-refractivity contribution in [1.29, 1.82) is 5.26 Å². The quantitative estimate of drug-likeness (QED) is 0.660. The summed E-state index contributed by atoms with van der Waals surface area (Å²) in [5, 5.41) is 8.30. The summed E-state index contributed by atoms with van der Waals surface area (Å²) >= 11 is 0. The summed E-state index contributed by atoms with van der Waals surface area (Å²) in [6.07, 6.45) is 3.97. The highest BCUT2D eigenvalue weighted by molar-refractivity contribution is 5.67. The van der Waals surface area contributed by atoms with Crippen molar-refractivity contribution >= 4 is 11.2 Å². The third kappa shape index (κ3) is 1.52. The summed E-state index contributed by atoms with van der Waals surface area (Å²) in [6.45, 7) is 0.0523. The number of hydrogen-bond donors (Lipinski definition) is 2. The lowest BCUT2D eigenvalue weighted by Gasteiger charge is -1.98. The fourth-order valence-corrected chi connectivity index (χ4v) is 1.32. The Kier molecular flexibility index (Phi) is 2.39. The van der Waals surface area contributed by atoms with Crippen LogP contribution in [0.25, 0.3) is 11.2 Å². The van der Waals surface area contributed by atoms with E-state index >= 15 is 0 Å². The first-order valence-electron chi connectivity index (χ1n) is 4.45. The van der Waals surface area contributed by atoms with E-state index in [4.69, 9.17) is 5.26 Å². The predicted molar refractivity (Wildman–Crippen MR) is 55.7 cm³/mol. The Hall–Kier alpha value is -2.62. The van der Waals surface area contributed by atoms with Crippen LogP contribution < -0.4 is 11.2 Å². The number of nitrogens with one attached hydrogen (secondary N) is 2. The van der Waals surface area contributed by atoms with Crippen molar-refractivity contribution in [3.8, 4) is 6.07 Å². The zero-order chi connectivity index (χ0) is 11.5. The van der Waals surface area contributed by atoms with Crippen molar-refractivity contribution < 1.29 is 0 Å². The van der Waals surface area contributed by atoms with Crippen LogP contribution in [0.3, 0.4) is 0 Å². The second-order valence-electron chi connectivity index (χ2n) is 3.00. The predicted octanol–water partition coefficient (Wildman–Crippen LogP) is -0.507. The molecule has 0 fully saturated rings. The van der Waals surface area contributed by atoms with Gasteiger partial charge in [-0.05, 0) is 0 Å². The van der Waals surface area contributed by atoms with Gasteiger partial charge in [0, 0.05) is 12.6 Å². The summed E-state index contributed by atoms with van der Waals surface area (Å²) in [6, 6.07) is 1.78. The molecule has 0 radical (unpaired) electrons. The molecule has 0 aromatic carbocycles. The maximum atomic E-state index is 11.8. The minimum Gasteiger partial charge on any atom is -0.339 e.